The number of carbonyl (C=O) groups excluding carboxylic acids is 1. The monoisotopic (exact) mass is 591 g/mol. The zero-order valence-corrected chi connectivity index (χ0v) is 22.9. The van der Waals surface area contributed by atoms with E-state index in [4.69, 9.17) is 25.8 Å². The molecule has 40 heavy (non-hydrogen) atoms. The third kappa shape index (κ3) is 6.35. The molecule has 1 heterocycles. The maximum Gasteiger partial charge on any atom is 0.416 e. The van der Waals surface area contributed by atoms with E-state index in [0.717, 1.165) is 23.1 Å². The highest BCUT2D eigenvalue weighted by molar-refractivity contribution is 6.30. The summed E-state index contributed by atoms with van der Waals surface area (Å²) in [6.07, 6.45) is -11.7. The molecule has 4 rings (SSSR count). The molecule has 0 saturated carbocycles. The van der Waals surface area contributed by atoms with Crippen LogP contribution in [0.3, 0.4) is 0 Å². The van der Waals surface area contributed by atoms with Crippen LogP contribution in [0.25, 0.3) is 5.57 Å². The van der Waals surface area contributed by atoms with Crippen LogP contribution < -0.4 is 4.74 Å². The molecule has 2 aromatic rings. The molecule has 218 valence electrons. The van der Waals surface area contributed by atoms with Gasteiger partial charge in [0.1, 0.15) is 5.75 Å². The Morgan fingerprint density at radius 1 is 1.00 bits per heavy atom. The predicted octanol–water partition coefficient (Wildman–Crippen LogP) is 8.52. The molecule has 1 saturated heterocycles. The number of methoxy groups -OCH3 is 2. The van der Waals surface area contributed by atoms with E-state index in [1.807, 2.05) is 6.07 Å². The first-order valence-electron chi connectivity index (χ1n) is 12.4. The number of nitrogens with zero attached hydrogens (tertiary/aromatic N) is 1. The molecule has 2 aliphatic rings. The van der Waals surface area contributed by atoms with E-state index in [2.05, 4.69) is 13.8 Å². The van der Waals surface area contributed by atoms with Crippen molar-refractivity contribution in [2.75, 3.05) is 20.8 Å². The number of halogens is 7. The molecule has 0 aromatic heterocycles. The molecule has 1 amide bonds. The predicted molar refractivity (Wildman–Crippen MR) is 136 cm³/mol. The van der Waals surface area contributed by atoms with Gasteiger partial charge in [-0.25, -0.2) is 4.79 Å². The number of benzene rings is 2. The van der Waals surface area contributed by atoms with Gasteiger partial charge in [-0.05, 0) is 83.3 Å². The number of alkyl halides is 6. The third-order valence-corrected chi connectivity index (χ3v) is 7.41. The lowest BCUT2D eigenvalue weighted by atomic mass is 9.72. The van der Waals surface area contributed by atoms with Gasteiger partial charge in [-0.1, -0.05) is 25.4 Å². The summed E-state index contributed by atoms with van der Waals surface area (Å²) >= 11 is 6.30. The van der Waals surface area contributed by atoms with E-state index in [0.29, 0.717) is 35.7 Å². The van der Waals surface area contributed by atoms with Crippen LogP contribution in [0.15, 0.2) is 42.0 Å². The van der Waals surface area contributed by atoms with Gasteiger partial charge in [-0.2, -0.15) is 26.3 Å². The van der Waals surface area contributed by atoms with Crippen molar-refractivity contribution in [3.05, 3.63) is 69.2 Å². The first kappa shape index (κ1) is 30.0. The van der Waals surface area contributed by atoms with Crippen molar-refractivity contribution < 1.29 is 45.3 Å². The molecule has 0 unspecified atom stereocenters. The summed E-state index contributed by atoms with van der Waals surface area (Å²) in [7, 11) is 2.73. The molecule has 5 nitrogen and oxygen atoms in total. The zero-order chi connectivity index (χ0) is 29.6. The van der Waals surface area contributed by atoms with Crippen LogP contribution in [-0.2, 0) is 21.8 Å². The lowest BCUT2D eigenvalue weighted by Gasteiger charge is -2.35. The normalized spacial score (nSPS) is 21.6. The Labute approximate surface area is 232 Å². The Bertz CT molecular complexity index is 1290. The van der Waals surface area contributed by atoms with Gasteiger partial charge in [-0.3, -0.25) is 4.90 Å². The fraction of sp³-hybridized carbons (Fsp3) is 0.464. The number of amides is 1. The van der Waals surface area contributed by atoms with Gasteiger partial charge in [0, 0.05) is 18.7 Å². The van der Waals surface area contributed by atoms with E-state index < -0.39 is 47.5 Å². The average molecular weight is 592 g/mol. The van der Waals surface area contributed by atoms with Gasteiger partial charge in [0.05, 0.1) is 18.2 Å². The molecule has 0 bridgehead atoms. The minimum absolute atomic E-state index is 0.00742. The van der Waals surface area contributed by atoms with E-state index >= 15 is 0 Å². The summed E-state index contributed by atoms with van der Waals surface area (Å²) in [5, 5.41) is 0.450. The smallest absolute Gasteiger partial charge is 0.416 e. The highest BCUT2D eigenvalue weighted by atomic mass is 35.5. The number of hydrogen-bond donors (Lipinski definition) is 0. The van der Waals surface area contributed by atoms with Crippen LogP contribution in [0.4, 0.5) is 31.1 Å². The summed E-state index contributed by atoms with van der Waals surface area (Å²) < 4.78 is 97.1. The molecule has 0 spiro atoms. The minimum Gasteiger partial charge on any atom is -0.497 e. The van der Waals surface area contributed by atoms with Crippen molar-refractivity contribution in [2.24, 2.45) is 5.41 Å². The van der Waals surface area contributed by atoms with Crippen molar-refractivity contribution >= 4 is 23.3 Å². The van der Waals surface area contributed by atoms with Crippen LogP contribution >= 0.6 is 11.6 Å². The third-order valence-electron chi connectivity index (χ3n) is 7.20. The second-order valence-corrected chi connectivity index (χ2v) is 11.1. The van der Waals surface area contributed by atoms with Crippen LogP contribution in [0.1, 0.15) is 61.5 Å². The van der Waals surface area contributed by atoms with Crippen molar-refractivity contribution in [3.63, 3.8) is 0 Å². The lowest BCUT2D eigenvalue weighted by molar-refractivity contribution is -0.143. The van der Waals surface area contributed by atoms with Gasteiger partial charge < -0.3 is 14.2 Å². The maximum absolute atomic E-state index is 13.5. The van der Waals surface area contributed by atoms with Gasteiger partial charge in [0.25, 0.3) is 0 Å². The van der Waals surface area contributed by atoms with Crippen LogP contribution in [0, 0.1) is 5.41 Å². The first-order valence-corrected chi connectivity index (χ1v) is 12.8. The molecule has 0 radical (unpaired) electrons. The van der Waals surface area contributed by atoms with E-state index in [-0.39, 0.29) is 18.0 Å². The SMILES string of the molecule is COc1cc(Cl)cc(C2=C(CN3C(=O)O[C@H](c4cc(C(F)(F)F)cc(C(F)(F)F)c4)[C@@H]3OC)CC(C)(C)CC2)c1. The Morgan fingerprint density at radius 2 is 1.62 bits per heavy atom. The van der Waals surface area contributed by atoms with Crippen LogP contribution in [0.5, 0.6) is 5.75 Å². The molecule has 1 aliphatic heterocycles. The summed E-state index contributed by atoms with van der Waals surface area (Å²) in [6, 6.07) is 6.38. The van der Waals surface area contributed by atoms with E-state index in [9.17, 15) is 31.1 Å². The summed E-state index contributed by atoms with van der Waals surface area (Å²) in [5.74, 6) is 0.541. The molecule has 2 atom stereocenters. The maximum atomic E-state index is 13.5. The molecular formula is C28H28ClF6NO4. The molecule has 2 aromatic carbocycles. The molecular weight excluding hydrogens is 564 g/mol. The Kier molecular flexibility index (Phi) is 8.12. The second-order valence-electron chi connectivity index (χ2n) is 10.7. The number of allylic oxidation sites excluding steroid dienone is 1. The largest absolute Gasteiger partial charge is 0.497 e. The number of carbonyl (C=O) groups is 1. The van der Waals surface area contributed by atoms with Gasteiger partial charge in [-0.15, -0.1) is 0 Å². The highest BCUT2D eigenvalue weighted by Gasteiger charge is 2.46. The fourth-order valence-corrected chi connectivity index (χ4v) is 5.48. The van der Waals surface area contributed by atoms with Gasteiger partial charge in [0.15, 0.2) is 12.3 Å². The summed E-state index contributed by atoms with van der Waals surface area (Å²) in [6.45, 7) is 4.14. The molecule has 1 fully saturated rings. The zero-order valence-electron chi connectivity index (χ0n) is 22.2. The Hall–Kier alpha value is -2.92. The average Bonchev–Trinajstić information content (AvgIpc) is 3.16. The number of hydrogen-bond acceptors (Lipinski definition) is 4. The topological polar surface area (TPSA) is 48.0 Å². The van der Waals surface area contributed by atoms with Gasteiger partial charge in [0.2, 0.25) is 0 Å². The van der Waals surface area contributed by atoms with Gasteiger partial charge >= 0.3 is 18.4 Å². The Balaban J connectivity index is 1.75. The number of rotatable bonds is 6. The molecule has 0 N–H and O–H groups in total. The minimum atomic E-state index is -5.05. The van der Waals surface area contributed by atoms with Crippen LogP contribution in [-0.4, -0.2) is 38.0 Å². The molecule has 12 heteroatoms. The van der Waals surface area contributed by atoms with Crippen LogP contribution in [0.2, 0.25) is 5.02 Å². The first-order chi connectivity index (χ1) is 18.5. The Morgan fingerprint density at radius 3 is 2.17 bits per heavy atom. The van der Waals surface area contributed by atoms with E-state index in [1.165, 1.54) is 19.1 Å². The quantitative estimate of drug-likeness (QED) is 0.316. The lowest BCUT2D eigenvalue weighted by Crippen LogP contribution is -2.38. The number of cyclic esters (lactones) is 1. The summed E-state index contributed by atoms with van der Waals surface area (Å²) in [4.78, 5) is 14.2. The fourth-order valence-electron chi connectivity index (χ4n) is 5.26. The highest BCUT2D eigenvalue weighted by Crippen LogP contribution is 2.46. The second kappa shape index (κ2) is 10.8. The van der Waals surface area contributed by atoms with Crippen molar-refractivity contribution in [1.29, 1.82) is 0 Å². The summed E-state index contributed by atoms with van der Waals surface area (Å²) in [5.41, 5.74) is -1.05. The van der Waals surface area contributed by atoms with Crippen molar-refractivity contribution in [1.82, 2.24) is 4.90 Å². The standard InChI is InChI=1S/C28H28ClF6NO4/c1-26(2)6-5-22(15-9-20(29)12-21(10-15)38-3)17(13-26)14-36-24(39-4)23(40-25(36)37)16-7-18(27(30,31)32)11-19(8-16)28(33,34)35/h7-12,23-24H,5-6,13-14H2,1-4H3/t23-,24+/m1/s1. The molecule has 1 aliphatic carbocycles. The van der Waals surface area contributed by atoms with E-state index in [1.54, 1.807) is 12.1 Å². The number of ether oxygens (including phenoxy) is 3. The van der Waals surface area contributed by atoms with Crippen molar-refractivity contribution in [2.45, 2.75) is 57.8 Å². The van der Waals surface area contributed by atoms with Crippen molar-refractivity contribution in [3.8, 4) is 5.75 Å².